The highest BCUT2D eigenvalue weighted by atomic mass is 16.5. The van der Waals surface area contributed by atoms with E-state index in [1.807, 2.05) is 13.0 Å². The van der Waals surface area contributed by atoms with Gasteiger partial charge in [0.05, 0.1) is 19.9 Å². The molecule has 7 nitrogen and oxygen atoms in total. The van der Waals surface area contributed by atoms with Crippen LogP contribution in [0.5, 0.6) is 11.5 Å². The number of methoxy groups -OCH3 is 2. The Morgan fingerprint density at radius 1 is 1.17 bits per heavy atom. The molecule has 1 aliphatic heterocycles. The number of carbonyl (C=O) groups is 1. The van der Waals surface area contributed by atoms with Crippen molar-refractivity contribution in [2.75, 3.05) is 33.9 Å². The van der Waals surface area contributed by atoms with Crippen molar-refractivity contribution in [2.24, 2.45) is 0 Å². The summed E-state index contributed by atoms with van der Waals surface area (Å²) < 4.78 is 12.6. The predicted molar refractivity (Wildman–Crippen MR) is 113 cm³/mol. The fourth-order valence-electron chi connectivity index (χ4n) is 3.69. The molecule has 0 unspecified atom stereocenters. The summed E-state index contributed by atoms with van der Waals surface area (Å²) in [5, 5.41) is 7.58. The van der Waals surface area contributed by atoms with Crippen molar-refractivity contribution in [1.29, 1.82) is 0 Å². The Morgan fingerprint density at radius 2 is 1.86 bits per heavy atom. The number of rotatable bonds is 8. The number of ether oxygens (including phenoxy) is 2. The topological polar surface area (TPSA) is 68.6 Å². The van der Waals surface area contributed by atoms with E-state index in [-0.39, 0.29) is 5.91 Å². The molecule has 1 aromatic carbocycles. The summed E-state index contributed by atoms with van der Waals surface area (Å²) in [6, 6.07) is 6.04. The van der Waals surface area contributed by atoms with Gasteiger partial charge < -0.3 is 14.8 Å². The maximum Gasteiger partial charge on any atom is 0.269 e. The highest BCUT2D eigenvalue weighted by Gasteiger charge is 2.20. The van der Waals surface area contributed by atoms with Crippen LogP contribution >= 0.6 is 0 Å². The third-order valence-electron chi connectivity index (χ3n) is 5.43. The minimum atomic E-state index is -0.0601. The second-order valence-electron chi connectivity index (χ2n) is 7.68. The molecule has 0 aliphatic carbocycles. The van der Waals surface area contributed by atoms with Crippen LogP contribution in [0.25, 0.3) is 0 Å². The van der Waals surface area contributed by atoms with Crippen LogP contribution in [0, 0.1) is 0 Å². The SMILES string of the molecule is CCn1nc(C(C)C)cc1C(=O)NCCN1CCc2cc(OC)c(OC)cc2C1. The quantitative estimate of drug-likeness (QED) is 0.738. The second kappa shape index (κ2) is 9.31. The molecule has 29 heavy (non-hydrogen) atoms. The molecule has 1 amide bonds. The largest absolute Gasteiger partial charge is 0.493 e. The summed E-state index contributed by atoms with van der Waals surface area (Å²) in [5.41, 5.74) is 4.15. The van der Waals surface area contributed by atoms with Crippen LogP contribution in [0.4, 0.5) is 0 Å². The zero-order chi connectivity index (χ0) is 21.0. The molecule has 3 rings (SSSR count). The third-order valence-corrected chi connectivity index (χ3v) is 5.43. The van der Waals surface area contributed by atoms with Gasteiger partial charge >= 0.3 is 0 Å². The molecule has 1 N–H and O–H groups in total. The van der Waals surface area contributed by atoms with E-state index in [1.165, 1.54) is 11.1 Å². The molecule has 1 aliphatic rings. The van der Waals surface area contributed by atoms with E-state index in [4.69, 9.17) is 9.47 Å². The fraction of sp³-hybridized carbons (Fsp3) is 0.545. The minimum Gasteiger partial charge on any atom is -0.493 e. The Hall–Kier alpha value is -2.54. The van der Waals surface area contributed by atoms with Crippen LogP contribution < -0.4 is 14.8 Å². The molecule has 7 heteroatoms. The molecule has 0 radical (unpaired) electrons. The number of amides is 1. The number of aromatic nitrogens is 2. The number of carbonyl (C=O) groups excluding carboxylic acids is 1. The first-order chi connectivity index (χ1) is 14.0. The summed E-state index contributed by atoms with van der Waals surface area (Å²) in [6.07, 6.45) is 0.962. The van der Waals surface area contributed by atoms with Crippen molar-refractivity contribution in [1.82, 2.24) is 20.0 Å². The molecule has 0 spiro atoms. The lowest BCUT2D eigenvalue weighted by Gasteiger charge is -2.29. The van der Waals surface area contributed by atoms with Gasteiger partial charge in [0.1, 0.15) is 5.69 Å². The van der Waals surface area contributed by atoms with Crippen molar-refractivity contribution in [3.8, 4) is 11.5 Å². The Morgan fingerprint density at radius 3 is 2.48 bits per heavy atom. The first kappa shape index (κ1) is 21.2. The molecular weight excluding hydrogens is 368 g/mol. The first-order valence-corrected chi connectivity index (χ1v) is 10.3. The predicted octanol–water partition coefficient (Wildman–Crippen LogP) is 2.83. The Bertz CT molecular complexity index is 860. The molecule has 0 bridgehead atoms. The van der Waals surface area contributed by atoms with Gasteiger partial charge in [0.2, 0.25) is 0 Å². The van der Waals surface area contributed by atoms with E-state index in [0.29, 0.717) is 24.7 Å². The lowest BCUT2D eigenvalue weighted by atomic mass is 9.99. The molecule has 158 valence electrons. The number of hydrogen-bond donors (Lipinski definition) is 1. The molecule has 0 fully saturated rings. The van der Waals surface area contributed by atoms with Crippen molar-refractivity contribution >= 4 is 5.91 Å². The Kier molecular flexibility index (Phi) is 6.79. The normalized spacial score (nSPS) is 14.0. The second-order valence-corrected chi connectivity index (χ2v) is 7.68. The molecule has 2 heterocycles. The smallest absolute Gasteiger partial charge is 0.269 e. The van der Waals surface area contributed by atoms with Gasteiger partial charge in [0, 0.05) is 32.7 Å². The molecule has 1 aromatic heterocycles. The van der Waals surface area contributed by atoms with E-state index >= 15 is 0 Å². The van der Waals surface area contributed by atoms with Crippen LogP contribution in [0.1, 0.15) is 54.0 Å². The number of nitrogens with one attached hydrogen (secondary N) is 1. The van der Waals surface area contributed by atoms with Gasteiger partial charge in [-0.1, -0.05) is 13.8 Å². The highest BCUT2D eigenvalue weighted by molar-refractivity contribution is 5.92. The average Bonchev–Trinajstić information content (AvgIpc) is 3.17. The van der Waals surface area contributed by atoms with E-state index in [2.05, 4.69) is 41.3 Å². The van der Waals surface area contributed by atoms with E-state index < -0.39 is 0 Å². The zero-order valence-electron chi connectivity index (χ0n) is 18.1. The summed E-state index contributed by atoms with van der Waals surface area (Å²) >= 11 is 0. The third kappa shape index (κ3) is 4.72. The average molecular weight is 401 g/mol. The molecule has 0 saturated heterocycles. The first-order valence-electron chi connectivity index (χ1n) is 10.3. The van der Waals surface area contributed by atoms with Crippen LogP contribution in [0.3, 0.4) is 0 Å². The van der Waals surface area contributed by atoms with Gasteiger partial charge in [0.25, 0.3) is 5.91 Å². The van der Waals surface area contributed by atoms with Crippen molar-refractivity contribution in [3.63, 3.8) is 0 Å². The lowest BCUT2D eigenvalue weighted by molar-refractivity contribution is 0.0936. The highest BCUT2D eigenvalue weighted by Crippen LogP contribution is 2.33. The number of hydrogen-bond acceptors (Lipinski definition) is 5. The number of fused-ring (bicyclic) bond motifs is 1. The van der Waals surface area contributed by atoms with Crippen molar-refractivity contribution in [2.45, 2.75) is 46.2 Å². The van der Waals surface area contributed by atoms with E-state index in [1.54, 1.807) is 18.9 Å². The number of nitrogens with zero attached hydrogens (tertiary/aromatic N) is 3. The van der Waals surface area contributed by atoms with Gasteiger partial charge in [-0.15, -0.1) is 0 Å². The molecular formula is C22H32N4O3. The van der Waals surface area contributed by atoms with Crippen molar-refractivity contribution in [3.05, 3.63) is 40.7 Å². The maximum absolute atomic E-state index is 12.6. The number of aryl methyl sites for hydroxylation is 1. The summed E-state index contributed by atoms with van der Waals surface area (Å²) in [4.78, 5) is 15.0. The molecule has 0 saturated carbocycles. The van der Waals surface area contributed by atoms with Gasteiger partial charge in [0.15, 0.2) is 11.5 Å². The van der Waals surface area contributed by atoms with Crippen LogP contribution in [-0.2, 0) is 19.5 Å². The zero-order valence-corrected chi connectivity index (χ0v) is 18.1. The fourth-order valence-corrected chi connectivity index (χ4v) is 3.69. The van der Waals surface area contributed by atoms with Crippen LogP contribution in [0.2, 0.25) is 0 Å². The summed E-state index contributed by atoms with van der Waals surface area (Å²) in [7, 11) is 3.32. The maximum atomic E-state index is 12.6. The van der Waals surface area contributed by atoms with Crippen LogP contribution in [0.15, 0.2) is 18.2 Å². The van der Waals surface area contributed by atoms with E-state index in [0.717, 1.165) is 43.2 Å². The van der Waals surface area contributed by atoms with Gasteiger partial charge in [-0.2, -0.15) is 5.10 Å². The number of benzene rings is 1. The minimum absolute atomic E-state index is 0.0601. The van der Waals surface area contributed by atoms with E-state index in [9.17, 15) is 4.79 Å². The van der Waals surface area contributed by atoms with Gasteiger partial charge in [-0.3, -0.25) is 14.4 Å². The standard InChI is InChI=1S/C22H32N4O3/c1-6-26-19(13-18(24-26)15(2)3)22(27)23-8-10-25-9-7-16-11-20(28-4)21(29-5)12-17(16)14-25/h11-13,15H,6-10,14H2,1-5H3,(H,23,27). The Balaban J connectivity index is 1.57. The van der Waals surface area contributed by atoms with Crippen molar-refractivity contribution < 1.29 is 14.3 Å². The molecule has 0 atom stereocenters. The van der Waals surface area contributed by atoms with Gasteiger partial charge in [-0.25, -0.2) is 0 Å². The van der Waals surface area contributed by atoms with Crippen LogP contribution in [-0.4, -0.2) is 54.4 Å². The lowest BCUT2D eigenvalue weighted by Crippen LogP contribution is -2.38. The summed E-state index contributed by atoms with van der Waals surface area (Å²) in [6.45, 7) is 10.1. The Labute approximate surface area is 173 Å². The monoisotopic (exact) mass is 400 g/mol. The molecule has 2 aromatic rings. The summed E-state index contributed by atoms with van der Waals surface area (Å²) in [5.74, 6) is 1.78. The van der Waals surface area contributed by atoms with Gasteiger partial charge in [-0.05, 0) is 48.6 Å².